The van der Waals surface area contributed by atoms with E-state index >= 15 is 0 Å². The van der Waals surface area contributed by atoms with E-state index in [4.69, 9.17) is 0 Å². The average molecular weight is 459 g/mol. The van der Waals surface area contributed by atoms with Crippen molar-refractivity contribution in [2.45, 2.75) is 39.2 Å². The summed E-state index contributed by atoms with van der Waals surface area (Å²) in [5, 5.41) is 5.82. The van der Waals surface area contributed by atoms with Gasteiger partial charge in [-0.05, 0) is 62.2 Å². The Morgan fingerprint density at radius 2 is 1.65 bits per heavy atom. The Morgan fingerprint density at radius 1 is 0.941 bits per heavy atom. The van der Waals surface area contributed by atoms with Gasteiger partial charge in [-0.1, -0.05) is 55.5 Å². The first-order chi connectivity index (χ1) is 16.6. The predicted molar refractivity (Wildman–Crippen MR) is 135 cm³/mol. The lowest BCUT2D eigenvalue weighted by molar-refractivity contribution is 0.0616. The summed E-state index contributed by atoms with van der Waals surface area (Å²) in [6.07, 6.45) is 4.72. The number of rotatable bonds is 5. The van der Waals surface area contributed by atoms with E-state index in [1.807, 2.05) is 53.4 Å². The van der Waals surface area contributed by atoms with Crippen LogP contribution in [0.25, 0.3) is 10.8 Å². The number of hydrogen-bond acceptors (Lipinski definition) is 4. The monoisotopic (exact) mass is 458 g/mol. The van der Waals surface area contributed by atoms with E-state index in [2.05, 4.69) is 16.9 Å². The van der Waals surface area contributed by atoms with Gasteiger partial charge in [-0.25, -0.2) is 4.68 Å². The maximum absolute atomic E-state index is 13.7. The molecule has 0 radical (unpaired) electrons. The summed E-state index contributed by atoms with van der Waals surface area (Å²) in [4.78, 5) is 31.4. The van der Waals surface area contributed by atoms with Gasteiger partial charge in [-0.3, -0.25) is 9.59 Å². The third-order valence-electron chi connectivity index (χ3n) is 7.44. The number of likely N-dealkylation sites (tertiary alicyclic amines) is 2. The zero-order valence-electron chi connectivity index (χ0n) is 20.0. The fraction of sp³-hybridized carbons (Fsp3) is 0.464. The molecule has 2 aromatic carbocycles. The van der Waals surface area contributed by atoms with E-state index in [-0.39, 0.29) is 11.5 Å². The topological polar surface area (TPSA) is 58.4 Å². The van der Waals surface area contributed by atoms with Crippen LogP contribution >= 0.6 is 0 Å². The molecule has 6 nitrogen and oxygen atoms in total. The van der Waals surface area contributed by atoms with Crippen LogP contribution in [-0.2, 0) is 6.54 Å². The van der Waals surface area contributed by atoms with Crippen LogP contribution in [0.3, 0.4) is 0 Å². The zero-order valence-corrected chi connectivity index (χ0v) is 20.0. The van der Waals surface area contributed by atoms with Crippen LogP contribution in [-0.4, -0.2) is 58.2 Å². The molecule has 178 valence electrons. The minimum absolute atomic E-state index is 0.0602. The van der Waals surface area contributed by atoms with Crippen LogP contribution in [0.5, 0.6) is 0 Å². The summed E-state index contributed by atoms with van der Waals surface area (Å²) in [5.74, 6) is 1.26. The lowest BCUT2D eigenvalue weighted by Crippen LogP contribution is -2.45. The van der Waals surface area contributed by atoms with Crippen molar-refractivity contribution < 1.29 is 4.79 Å². The maximum atomic E-state index is 13.7. The fourth-order valence-corrected chi connectivity index (χ4v) is 5.41. The molecular formula is C28H34N4O2. The summed E-state index contributed by atoms with van der Waals surface area (Å²) in [6, 6.07) is 17.2. The van der Waals surface area contributed by atoms with Gasteiger partial charge in [0, 0.05) is 25.0 Å². The normalized spacial score (nSPS) is 20.0. The minimum Gasteiger partial charge on any atom is -0.337 e. The molecule has 2 fully saturated rings. The molecule has 1 aromatic heterocycles. The highest BCUT2D eigenvalue weighted by molar-refractivity contribution is 6.04. The van der Waals surface area contributed by atoms with Gasteiger partial charge in [-0.15, -0.1) is 0 Å². The van der Waals surface area contributed by atoms with Crippen LogP contribution in [0.15, 0.2) is 59.4 Å². The lowest BCUT2D eigenvalue weighted by atomic mass is 9.94. The molecule has 6 heteroatoms. The number of benzene rings is 2. The zero-order chi connectivity index (χ0) is 23.5. The standard InChI is InChI=1S/C28H34N4O2/c1-21-13-16-30(17-14-21)18-23-10-7-15-31(19-23)28(34)26-24-11-5-6-12-25(24)27(33)32(29-26)20-22-8-3-2-4-9-22/h2-6,8-9,11-12,21,23H,7,10,13-20H2,1H3. The van der Waals surface area contributed by atoms with E-state index in [1.54, 1.807) is 6.07 Å². The first kappa shape index (κ1) is 22.8. The molecule has 0 N–H and O–H groups in total. The highest BCUT2D eigenvalue weighted by atomic mass is 16.2. The van der Waals surface area contributed by atoms with Gasteiger partial charge in [-0.2, -0.15) is 5.10 Å². The highest BCUT2D eigenvalue weighted by Crippen LogP contribution is 2.24. The van der Waals surface area contributed by atoms with Crippen LogP contribution < -0.4 is 5.56 Å². The smallest absolute Gasteiger partial charge is 0.274 e. The molecule has 2 aliphatic rings. The van der Waals surface area contributed by atoms with Crippen molar-refractivity contribution in [2.75, 3.05) is 32.7 Å². The molecule has 0 aliphatic carbocycles. The van der Waals surface area contributed by atoms with Gasteiger partial charge >= 0.3 is 0 Å². The van der Waals surface area contributed by atoms with Gasteiger partial charge in [0.25, 0.3) is 11.5 Å². The quantitative estimate of drug-likeness (QED) is 0.579. The Bertz CT molecular complexity index is 1200. The average Bonchev–Trinajstić information content (AvgIpc) is 2.87. The van der Waals surface area contributed by atoms with Crippen molar-refractivity contribution in [3.8, 4) is 0 Å². The molecule has 0 spiro atoms. The maximum Gasteiger partial charge on any atom is 0.274 e. The Labute approximate surface area is 201 Å². The number of carbonyl (C=O) groups is 1. The number of hydrogen-bond donors (Lipinski definition) is 0. The van der Waals surface area contributed by atoms with Crippen molar-refractivity contribution in [3.63, 3.8) is 0 Å². The van der Waals surface area contributed by atoms with Crippen molar-refractivity contribution in [2.24, 2.45) is 11.8 Å². The SMILES string of the molecule is CC1CCN(CC2CCCN(C(=O)c3nn(Cc4ccccc4)c(=O)c4ccccc34)C2)CC1. The van der Waals surface area contributed by atoms with Gasteiger partial charge in [0.15, 0.2) is 5.69 Å². The molecule has 5 rings (SSSR count). The summed E-state index contributed by atoms with van der Waals surface area (Å²) < 4.78 is 1.45. The Balaban J connectivity index is 1.39. The molecule has 1 amide bonds. The van der Waals surface area contributed by atoms with Gasteiger partial charge < -0.3 is 9.80 Å². The van der Waals surface area contributed by atoms with E-state index in [0.717, 1.165) is 44.0 Å². The molecule has 2 aliphatic heterocycles. The second kappa shape index (κ2) is 10.1. The van der Waals surface area contributed by atoms with Crippen LogP contribution in [0.4, 0.5) is 0 Å². The van der Waals surface area contributed by atoms with E-state index < -0.39 is 0 Å². The van der Waals surface area contributed by atoms with E-state index in [9.17, 15) is 9.59 Å². The van der Waals surface area contributed by atoms with Crippen LogP contribution in [0, 0.1) is 11.8 Å². The minimum atomic E-state index is -0.160. The Kier molecular flexibility index (Phi) is 6.77. The second-order valence-corrected chi connectivity index (χ2v) is 10.1. The van der Waals surface area contributed by atoms with Crippen molar-refractivity contribution in [3.05, 3.63) is 76.2 Å². The predicted octanol–water partition coefficient (Wildman–Crippen LogP) is 4.03. The Morgan fingerprint density at radius 3 is 2.41 bits per heavy atom. The molecule has 3 aromatic rings. The molecule has 0 saturated carbocycles. The molecule has 0 bridgehead atoms. The molecule has 2 saturated heterocycles. The largest absolute Gasteiger partial charge is 0.337 e. The van der Waals surface area contributed by atoms with Crippen LogP contribution in [0.2, 0.25) is 0 Å². The molecule has 34 heavy (non-hydrogen) atoms. The van der Waals surface area contributed by atoms with E-state index in [1.165, 1.54) is 30.6 Å². The lowest BCUT2D eigenvalue weighted by Gasteiger charge is -2.37. The molecular weight excluding hydrogens is 424 g/mol. The number of nitrogens with zero attached hydrogens (tertiary/aromatic N) is 4. The third-order valence-corrected chi connectivity index (χ3v) is 7.44. The van der Waals surface area contributed by atoms with Gasteiger partial charge in [0.2, 0.25) is 0 Å². The molecule has 1 atom stereocenters. The number of piperidine rings is 2. The summed E-state index contributed by atoms with van der Waals surface area (Å²) in [5.41, 5.74) is 1.21. The summed E-state index contributed by atoms with van der Waals surface area (Å²) >= 11 is 0. The van der Waals surface area contributed by atoms with Gasteiger partial charge in [0.05, 0.1) is 11.9 Å². The number of fused-ring (bicyclic) bond motifs is 1. The highest BCUT2D eigenvalue weighted by Gasteiger charge is 2.29. The van der Waals surface area contributed by atoms with Crippen LogP contribution in [0.1, 0.15) is 48.7 Å². The molecule has 3 heterocycles. The number of aromatic nitrogens is 2. The molecule has 1 unspecified atom stereocenters. The van der Waals surface area contributed by atoms with Crippen molar-refractivity contribution >= 4 is 16.7 Å². The van der Waals surface area contributed by atoms with Crippen molar-refractivity contribution in [1.29, 1.82) is 0 Å². The summed E-state index contributed by atoms with van der Waals surface area (Å²) in [7, 11) is 0. The van der Waals surface area contributed by atoms with Gasteiger partial charge in [0.1, 0.15) is 0 Å². The second-order valence-electron chi connectivity index (χ2n) is 10.1. The first-order valence-corrected chi connectivity index (χ1v) is 12.6. The van der Waals surface area contributed by atoms with E-state index in [0.29, 0.717) is 28.9 Å². The number of carbonyl (C=O) groups excluding carboxylic acids is 1. The summed E-state index contributed by atoms with van der Waals surface area (Å²) in [6.45, 7) is 7.61. The third kappa shape index (κ3) is 4.92. The Hall–Kier alpha value is -2.99. The van der Waals surface area contributed by atoms with Crippen molar-refractivity contribution in [1.82, 2.24) is 19.6 Å². The number of amides is 1. The fourth-order valence-electron chi connectivity index (χ4n) is 5.41. The first-order valence-electron chi connectivity index (χ1n) is 12.6.